The van der Waals surface area contributed by atoms with Crippen molar-refractivity contribution < 1.29 is 9.53 Å². The summed E-state index contributed by atoms with van der Waals surface area (Å²) in [6.45, 7) is 0.339. The molecule has 0 amide bonds. The Hall–Kier alpha value is -1.52. The van der Waals surface area contributed by atoms with E-state index >= 15 is 0 Å². The average Bonchev–Trinajstić information content (AvgIpc) is 2.85. The molecule has 2 N–H and O–H groups in total. The predicted octanol–water partition coefficient (Wildman–Crippen LogP) is 3.38. The number of ether oxygens (including phenoxy) is 1. The van der Waals surface area contributed by atoms with Gasteiger partial charge in [0.2, 0.25) is 0 Å². The van der Waals surface area contributed by atoms with Crippen LogP contribution in [-0.4, -0.2) is 12.6 Å². The van der Waals surface area contributed by atoms with Crippen LogP contribution >= 0.6 is 22.9 Å². The molecule has 2 rings (SSSR count). The molecule has 0 atom stereocenters. The highest BCUT2D eigenvalue weighted by Gasteiger charge is 2.12. The van der Waals surface area contributed by atoms with Gasteiger partial charge in [-0.25, -0.2) is 4.79 Å². The fourth-order valence-electron chi connectivity index (χ4n) is 1.49. The second-order valence-electron chi connectivity index (χ2n) is 3.67. The van der Waals surface area contributed by atoms with Gasteiger partial charge in [0.25, 0.3) is 0 Å². The minimum absolute atomic E-state index is 0.264. The van der Waals surface area contributed by atoms with Gasteiger partial charge >= 0.3 is 5.97 Å². The third-order valence-electron chi connectivity index (χ3n) is 2.43. The van der Waals surface area contributed by atoms with Gasteiger partial charge in [-0.1, -0.05) is 23.7 Å². The Labute approximate surface area is 114 Å². The van der Waals surface area contributed by atoms with Crippen molar-refractivity contribution in [3.05, 3.63) is 51.2 Å². The van der Waals surface area contributed by atoms with E-state index in [1.165, 1.54) is 4.88 Å². The quantitative estimate of drug-likeness (QED) is 0.690. The van der Waals surface area contributed by atoms with Gasteiger partial charge in [-0.05, 0) is 23.6 Å². The van der Waals surface area contributed by atoms with E-state index < -0.39 is 5.97 Å². The highest BCUT2D eigenvalue weighted by molar-refractivity contribution is 7.09. The van der Waals surface area contributed by atoms with Crippen LogP contribution in [0.2, 0.25) is 5.02 Å². The van der Waals surface area contributed by atoms with E-state index in [-0.39, 0.29) is 5.69 Å². The number of hydrogen-bond acceptors (Lipinski definition) is 4. The van der Waals surface area contributed by atoms with Crippen LogP contribution < -0.4 is 5.73 Å². The van der Waals surface area contributed by atoms with Gasteiger partial charge in [-0.3, -0.25) is 0 Å². The predicted molar refractivity (Wildman–Crippen MR) is 74.2 cm³/mol. The molecule has 1 aromatic carbocycles. The molecule has 0 saturated heterocycles. The molecular formula is C13H12ClNO2S. The SMILES string of the molecule is Nc1c(Cl)cccc1C(=O)OCCc1cccs1. The lowest BCUT2D eigenvalue weighted by molar-refractivity contribution is 0.0511. The molecule has 0 saturated carbocycles. The maximum atomic E-state index is 11.8. The first-order chi connectivity index (χ1) is 8.68. The minimum Gasteiger partial charge on any atom is -0.462 e. The van der Waals surface area contributed by atoms with Crippen molar-refractivity contribution in [1.82, 2.24) is 0 Å². The third kappa shape index (κ3) is 3.03. The Bertz CT molecular complexity index is 540. The van der Waals surface area contributed by atoms with Crippen molar-refractivity contribution in [2.24, 2.45) is 0 Å². The molecule has 0 aliphatic heterocycles. The first kappa shape index (κ1) is 12.9. The fourth-order valence-corrected chi connectivity index (χ4v) is 2.36. The van der Waals surface area contributed by atoms with Crippen molar-refractivity contribution >= 4 is 34.6 Å². The molecule has 0 bridgehead atoms. The number of nitrogen functional groups attached to an aromatic ring is 1. The topological polar surface area (TPSA) is 52.3 Å². The van der Waals surface area contributed by atoms with Crippen LogP contribution in [0.3, 0.4) is 0 Å². The standard InChI is InChI=1S/C13H12ClNO2S/c14-11-5-1-4-10(12(11)15)13(16)17-7-6-9-3-2-8-18-9/h1-5,8H,6-7,15H2. The zero-order chi connectivity index (χ0) is 13.0. The summed E-state index contributed by atoms with van der Waals surface area (Å²) < 4.78 is 5.17. The highest BCUT2D eigenvalue weighted by Crippen LogP contribution is 2.23. The van der Waals surface area contributed by atoms with Gasteiger partial charge < -0.3 is 10.5 Å². The zero-order valence-electron chi connectivity index (χ0n) is 9.56. The summed E-state index contributed by atoms with van der Waals surface area (Å²) in [7, 11) is 0. The second-order valence-corrected chi connectivity index (χ2v) is 5.11. The van der Waals surface area contributed by atoms with Crippen molar-refractivity contribution in [3.63, 3.8) is 0 Å². The van der Waals surface area contributed by atoms with E-state index in [4.69, 9.17) is 22.1 Å². The Kier molecular flexibility index (Phi) is 4.23. The summed E-state index contributed by atoms with van der Waals surface area (Å²) in [5.41, 5.74) is 6.30. The zero-order valence-corrected chi connectivity index (χ0v) is 11.1. The van der Waals surface area contributed by atoms with E-state index in [1.807, 2.05) is 17.5 Å². The smallest absolute Gasteiger partial charge is 0.340 e. The molecule has 3 nitrogen and oxygen atoms in total. The minimum atomic E-state index is -0.438. The molecule has 94 valence electrons. The van der Waals surface area contributed by atoms with Crippen molar-refractivity contribution in [1.29, 1.82) is 0 Å². The summed E-state index contributed by atoms with van der Waals surface area (Å²) in [5.74, 6) is -0.438. The maximum Gasteiger partial charge on any atom is 0.340 e. The molecule has 0 spiro atoms. The molecule has 1 heterocycles. The summed E-state index contributed by atoms with van der Waals surface area (Å²) >= 11 is 7.48. The van der Waals surface area contributed by atoms with E-state index in [1.54, 1.807) is 29.5 Å². The number of thiophene rings is 1. The number of para-hydroxylation sites is 1. The van der Waals surface area contributed by atoms with Crippen LogP contribution in [0.4, 0.5) is 5.69 Å². The molecule has 0 radical (unpaired) electrons. The first-order valence-corrected chi connectivity index (χ1v) is 6.67. The Morgan fingerprint density at radius 3 is 2.89 bits per heavy atom. The number of hydrogen-bond donors (Lipinski definition) is 1. The van der Waals surface area contributed by atoms with Crippen LogP contribution in [0, 0.1) is 0 Å². The molecule has 18 heavy (non-hydrogen) atoms. The average molecular weight is 282 g/mol. The van der Waals surface area contributed by atoms with E-state index in [9.17, 15) is 4.79 Å². The Balaban J connectivity index is 1.93. The number of rotatable bonds is 4. The molecule has 2 aromatic rings. The first-order valence-electron chi connectivity index (χ1n) is 5.42. The number of anilines is 1. The molecule has 0 unspecified atom stereocenters. The van der Waals surface area contributed by atoms with Crippen molar-refractivity contribution in [2.75, 3.05) is 12.3 Å². The van der Waals surface area contributed by atoms with Crippen molar-refractivity contribution in [2.45, 2.75) is 6.42 Å². The number of carbonyl (C=O) groups is 1. The lowest BCUT2D eigenvalue weighted by atomic mass is 10.2. The number of carbonyl (C=O) groups excluding carboxylic acids is 1. The van der Waals surface area contributed by atoms with Gasteiger partial charge in [0.05, 0.1) is 22.9 Å². The summed E-state index contributed by atoms with van der Waals surface area (Å²) in [5, 5.41) is 2.36. The third-order valence-corrected chi connectivity index (χ3v) is 3.70. The monoisotopic (exact) mass is 281 g/mol. The van der Waals surface area contributed by atoms with Crippen molar-refractivity contribution in [3.8, 4) is 0 Å². The molecule has 0 aliphatic rings. The Morgan fingerprint density at radius 2 is 2.17 bits per heavy atom. The summed E-state index contributed by atoms with van der Waals surface area (Å²) in [6, 6.07) is 8.89. The van der Waals surface area contributed by atoms with E-state index in [0.717, 1.165) is 0 Å². The van der Waals surface area contributed by atoms with Gasteiger partial charge in [-0.15, -0.1) is 11.3 Å². The van der Waals surface area contributed by atoms with E-state index in [2.05, 4.69) is 0 Å². The van der Waals surface area contributed by atoms with Crippen LogP contribution in [-0.2, 0) is 11.2 Å². The van der Waals surface area contributed by atoms with Crippen LogP contribution in [0.5, 0.6) is 0 Å². The van der Waals surface area contributed by atoms with Gasteiger partial charge in [0.1, 0.15) is 0 Å². The fraction of sp³-hybridized carbons (Fsp3) is 0.154. The largest absolute Gasteiger partial charge is 0.462 e. The lowest BCUT2D eigenvalue weighted by Gasteiger charge is -2.07. The second kappa shape index (κ2) is 5.89. The van der Waals surface area contributed by atoms with Crippen LogP contribution in [0.15, 0.2) is 35.7 Å². The number of nitrogens with two attached hydrogens (primary N) is 1. The summed E-state index contributed by atoms with van der Waals surface area (Å²) in [6.07, 6.45) is 0.712. The van der Waals surface area contributed by atoms with Gasteiger partial charge in [0, 0.05) is 11.3 Å². The lowest BCUT2D eigenvalue weighted by Crippen LogP contribution is -2.10. The normalized spacial score (nSPS) is 10.3. The molecular weight excluding hydrogens is 270 g/mol. The highest BCUT2D eigenvalue weighted by atomic mass is 35.5. The number of halogens is 1. The molecule has 5 heteroatoms. The number of benzene rings is 1. The van der Waals surface area contributed by atoms with Gasteiger partial charge in [0.15, 0.2) is 0 Å². The summed E-state index contributed by atoms with van der Waals surface area (Å²) in [4.78, 5) is 13.0. The Morgan fingerprint density at radius 1 is 1.33 bits per heavy atom. The number of esters is 1. The van der Waals surface area contributed by atoms with Gasteiger partial charge in [-0.2, -0.15) is 0 Å². The van der Waals surface area contributed by atoms with Crippen LogP contribution in [0.1, 0.15) is 15.2 Å². The molecule has 0 fully saturated rings. The van der Waals surface area contributed by atoms with Crippen LogP contribution in [0.25, 0.3) is 0 Å². The molecule has 0 aliphatic carbocycles. The van der Waals surface area contributed by atoms with E-state index in [0.29, 0.717) is 23.6 Å². The maximum absolute atomic E-state index is 11.8. The molecule has 1 aromatic heterocycles.